The summed E-state index contributed by atoms with van der Waals surface area (Å²) in [4.78, 5) is 4.42. The molecule has 2 aromatic rings. The Bertz CT molecular complexity index is 581. The van der Waals surface area contributed by atoms with Gasteiger partial charge in [0.2, 0.25) is 0 Å². The fraction of sp³-hybridized carbons (Fsp3) is 0.357. The number of fused-ring (bicyclic) bond motifs is 1. The molecule has 0 atom stereocenters. The Morgan fingerprint density at radius 2 is 1.95 bits per heavy atom. The molecule has 1 heterocycles. The van der Waals surface area contributed by atoms with E-state index in [0.29, 0.717) is 18.8 Å². The highest BCUT2D eigenvalue weighted by Gasteiger charge is 2.25. The minimum Gasteiger partial charge on any atom is -0.398 e. The summed E-state index contributed by atoms with van der Waals surface area (Å²) in [5, 5.41) is 3.83. The van der Waals surface area contributed by atoms with Crippen LogP contribution in [0.25, 0.3) is 10.9 Å². The molecule has 0 bridgehead atoms. The van der Waals surface area contributed by atoms with E-state index < -0.39 is 12.6 Å². The lowest BCUT2D eigenvalue weighted by Gasteiger charge is -2.09. The van der Waals surface area contributed by atoms with Crippen LogP contribution in [0.15, 0.2) is 30.3 Å². The molecular formula is C14H16F3N3. The Morgan fingerprint density at radius 3 is 2.70 bits per heavy atom. The van der Waals surface area contributed by atoms with Crippen molar-refractivity contribution in [2.24, 2.45) is 0 Å². The number of nitrogens with zero attached hydrogens (tertiary/aromatic N) is 1. The molecule has 0 saturated carbocycles. The standard InChI is InChI=1S/C14H16F3N3/c15-14(16,17)6-3-7-19-9-10-8-12(18)11-4-1-2-5-13(11)20-10/h1-2,4-5,8,19H,3,6-7,9H2,(H2,18,20). The predicted molar refractivity (Wildman–Crippen MR) is 73.2 cm³/mol. The quantitative estimate of drug-likeness (QED) is 0.828. The third-order valence-electron chi connectivity index (χ3n) is 2.92. The van der Waals surface area contributed by atoms with Crippen molar-refractivity contribution in [2.75, 3.05) is 12.3 Å². The molecule has 0 spiro atoms. The summed E-state index contributed by atoms with van der Waals surface area (Å²) >= 11 is 0. The van der Waals surface area contributed by atoms with Crippen LogP contribution in [0, 0.1) is 0 Å². The third kappa shape index (κ3) is 4.09. The summed E-state index contributed by atoms with van der Waals surface area (Å²) in [6.07, 6.45) is -4.80. The highest BCUT2D eigenvalue weighted by atomic mass is 19.4. The first kappa shape index (κ1) is 14.6. The van der Waals surface area contributed by atoms with Gasteiger partial charge in [-0.05, 0) is 25.1 Å². The van der Waals surface area contributed by atoms with Gasteiger partial charge in [0.1, 0.15) is 0 Å². The molecule has 1 aromatic heterocycles. The number of benzene rings is 1. The van der Waals surface area contributed by atoms with Gasteiger partial charge >= 0.3 is 6.18 Å². The van der Waals surface area contributed by atoms with Gasteiger partial charge in [0, 0.05) is 24.0 Å². The van der Waals surface area contributed by atoms with Gasteiger partial charge in [-0.15, -0.1) is 0 Å². The molecule has 3 N–H and O–H groups in total. The molecule has 108 valence electrons. The van der Waals surface area contributed by atoms with Gasteiger partial charge in [-0.2, -0.15) is 13.2 Å². The van der Waals surface area contributed by atoms with Gasteiger partial charge in [-0.1, -0.05) is 18.2 Å². The van der Waals surface area contributed by atoms with Crippen LogP contribution in [-0.2, 0) is 6.54 Å². The van der Waals surface area contributed by atoms with E-state index in [1.54, 1.807) is 6.07 Å². The molecule has 0 saturated heterocycles. The zero-order chi connectivity index (χ0) is 14.6. The van der Waals surface area contributed by atoms with Gasteiger partial charge < -0.3 is 11.1 Å². The third-order valence-corrected chi connectivity index (χ3v) is 2.92. The van der Waals surface area contributed by atoms with E-state index in [-0.39, 0.29) is 6.42 Å². The maximum Gasteiger partial charge on any atom is 0.389 e. The minimum absolute atomic E-state index is 0.0621. The zero-order valence-corrected chi connectivity index (χ0v) is 10.9. The molecule has 6 heteroatoms. The number of rotatable bonds is 5. The number of hydrogen-bond acceptors (Lipinski definition) is 3. The zero-order valence-electron chi connectivity index (χ0n) is 10.9. The van der Waals surface area contributed by atoms with Crippen molar-refractivity contribution >= 4 is 16.6 Å². The van der Waals surface area contributed by atoms with Crippen molar-refractivity contribution in [1.82, 2.24) is 10.3 Å². The number of halogens is 3. The molecule has 0 amide bonds. The molecule has 3 nitrogen and oxygen atoms in total. The number of para-hydroxylation sites is 1. The number of aromatic nitrogens is 1. The Kier molecular flexibility index (Phi) is 4.44. The Morgan fingerprint density at radius 1 is 1.20 bits per heavy atom. The normalized spacial score (nSPS) is 11.9. The van der Waals surface area contributed by atoms with Crippen molar-refractivity contribution in [3.05, 3.63) is 36.0 Å². The summed E-state index contributed by atoms with van der Waals surface area (Å²) in [5.74, 6) is 0. The highest BCUT2D eigenvalue weighted by Crippen LogP contribution is 2.21. The summed E-state index contributed by atoms with van der Waals surface area (Å²) in [6, 6.07) is 9.25. The first-order valence-corrected chi connectivity index (χ1v) is 6.37. The second kappa shape index (κ2) is 6.09. The first-order valence-electron chi connectivity index (χ1n) is 6.37. The smallest absolute Gasteiger partial charge is 0.389 e. The molecule has 0 aliphatic heterocycles. The number of nitrogens with two attached hydrogens (primary N) is 1. The maximum absolute atomic E-state index is 12.0. The van der Waals surface area contributed by atoms with Crippen LogP contribution in [0.4, 0.5) is 18.9 Å². The number of hydrogen-bond donors (Lipinski definition) is 2. The predicted octanol–water partition coefficient (Wildman–Crippen LogP) is 3.25. The van der Waals surface area contributed by atoms with Crippen molar-refractivity contribution in [3.63, 3.8) is 0 Å². The average Bonchev–Trinajstić information content (AvgIpc) is 2.37. The monoisotopic (exact) mass is 283 g/mol. The fourth-order valence-corrected chi connectivity index (χ4v) is 1.98. The molecule has 0 radical (unpaired) electrons. The van der Waals surface area contributed by atoms with Gasteiger partial charge in [-0.25, -0.2) is 0 Å². The molecule has 20 heavy (non-hydrogen) atoms. The first-order chi connectivity index (χ1) is 9.46. The topological polar surface area (TPSA) is 50.9 Å². The van der Waals surface area contributed by atoms with Crippen LogP contribution in [-0.4, -0.2) is 17.7 Å². The van der Waals surface area contributed by atoms with Crippen LogP contribution >= 0.6 is 0 Å². The summed E-state index contributed by atoms with van der Waals surface area (Å²) in [5.41, 5.74) is 8.08. The van der Waals surface area contributed by atoms with E-state index in [0.717, 1.165) is 16.6 Å². The fourth-order valence-electron chi connectivity index (χ4n) is 1.98. The molecule has 0 fully saturated rings. The summed E-state index contributed by atoms with van der Waals surface area (Å²) < 4.78 is 35.9. The van der Waals surface area contributed by atoms with Crippen molar-refractivity contribution < 1.29 is 13.2 Å². The van der Waals surface area contributed by atoms with Crippen molar-refractivity contribution in [3.8, 4) is 0 Å². The second-order valence-electron chi connectivity index (χ2n) is 4.62. The van der Waals surface area contributed by atoms with E-state index in [9.17, 15) is 13.2 Å². The summed E-state index contributed by atoms with van der Waals surface area (Å²) in [6.45, 7) is 0.709. The SMILES string of the molecule is Nc1cc(CNCCCC(F)(F)F)nc2ccccc12. The number of nitrogen functional groups attached to an aromatic ring is 1. The van der Waals surface area contributed by atoms with Crippen molar-refractivity contribution in [2.45, 2.75) is 25.6 Å². The van der Waals surface area contributed by atoms with Crippen molar-refractivity contribution in [1.29, 1.82) is 0 Å². The molecule has 0 aliphatic rings. The molecule has 1 aromatic carbocycles. The van der Waals surface area contributed by atoms with Gasteiger partial charge in [0.05, 0.1) is 11.2 Å². The minimum atomic E-state index is -4.09. The largest absolute Gasteiger partial charge is 0.398 e. The summed E-state index contributed by atoms with van der Waals surface area (Å²) in [7, 11) is 0. The van der Waals surface area contributed by atoms with E-state index in [1.807, 2.05) is 24.3 Å². The van der Waals surface area contributed by atoms with Gasteiger partial charge in [0.15, 0.2) is 0 Å². The Labute approximate surface area is 115 Å². The number of anilines is 1. The van der Waals surface area contributed by atoms with E-state index in [4.69, 9.17) is 5.73 Å². The number of alkyl halides is 3. The molecule has 0 aliphatic carbocycles. The lowest BCUT2D eigenvalue weighted by atomic mass is 10.1. The van der Waals surface area contributed by atoms with Gasteiger partial charge in [0.25, 0.3) is 0 Å². The molecule has 2 rings (SSSR count). The lowest BCUT2D eigenvalue weighted by Crippen LogP contribution is -2.18. The maximum atomic E-state index is 12.0. The van der Waals surface area contributed by atoms with Crippen LogP contribution in [0.1, 0.15) is 18.5 Å². The average molecular weight is 283 g/mol. The van der Waals surface area contributed by atoms with E-state index >= 15 is 0 Å². The Hall–Kier alpha value is -1.82. The Balaban J connectivity index is 1.90. The van der Waals surface area contributed by atoms with E-state index in [2.05, 4.69) is 10.3 Å². The van der Waals surface area contributed by atoms with Crippen LogP contribution < -0.4 is 11.1 Å². The van der Waals surface area contributed by atoms with Crippen LogP contribution in [0.3, 0.4) is 0 Å². The van der Waals surface area contributed by atoms with E-state index in [1.165, 1.54) is 0 Å². The second-order valence-corrected chi connectivity index (χ2v) is 4.62. The number of pyridine rings is 1. The highest BCUT2D eigenvalue weighted by molar-refractivity contribution is 5.90. The molecule has 0 unspecified atom stereocenters. The van der Waals surface area contributed by atoms with Crippen LogP contribution in [0.2, 0.25) is 0 Å². The molecular weight excluding hydrogens is 267 g/mol. The lowest BCUT2D eigenvalue weighted by molar-refractivity contribution is -0.135. The number of nitrogens with one attached hydrogen (secondary N) is 1. The van der Waals surface area contributed by atoms with Gasteiger partial charge in [-0.3, -0.25) is 4.98 Å². The van der Waals surface area contributed by atoms with Crippen LogP contribution in [0.5, 0.6) is 0 Å².